The molecule has 0 amide bonds. The Morgan fingerprint density at radius 3 is 2.58 bits per heavy atom. The Labute approximate surface area is 156 Å². The monoisotopic (exact) mass is 395 g/mol. The number of sulfonamides is 1. The van der Waals surface area contributed by atoms with Crippen LogP contribution in [0, 0.1) is 13.8 Å². The molecule has 1 aromatic carbocycles. The lowest BCUT2D eigenvalue weighted by Gasteiger charge is -2.08. The fourth-order valence-electron chi connectivity index (χ4n) is 2.10. The Hall–Kier alpha value is -2.69. The third-order valence-electron chi connectivity index (χ3n) is 3.57. The van der Waals surface area contributed by atoms with Crippen LogP contribution in [0.2, 0.25) is 0 Å². The number of aryl methyl sites for hydroxylation is 1. The predicted octanol–water partition coefficient (Wildman–Crippen LogP) is 2.37. The van der Waals surface area contributed by atoms with E-state index < -0.39 is 10.0 Å². The van der Waals surface area contributed by atoms with Gasteiger partial charge >= 0.3 is 0 Å². The molecule has 2 aromatic heterocycles. The summed E-state index contributed by atoms with van der Waals surface area (Å²) >= 11 is 0. The lowest BCUT2D eigenvalue weighted by Crippen LogP contribution is -2.12. The fraction of sp³-hybridized carbons (Fsp3) is 0.133. The van der Waals surface area contributed by atoms with Crippen LogP contribution in [0.3, 0.4) is 0 Å². The molecule has 0 spiro atoms. The third-order valence-corrected chi connectivity index (χ3v) is 4.48. The van der Waals surface area contributed by atoms with Crippen LogP contribution < -0.4 is 15.8 Å². The highest BCUT2D eigenvalue weighted by Crippen LogP contribution is 2.21. The number of halogens is 1. The molecule has 26 heavy (non-hydrogen) atoms. The summed E-state index contributed by atoms with van der Waals surface area (Å²) < 4.78 is 22.9. The molecule has 9 nitrogen and oxygen atoms in total. The van der Waals surface area contributed by atoms with Gasteiger partial charge in [-0.1, -0.05) is 6.07 Å². The molecule has 0 saturated carbocycles. The minimum Gasteiger partial charge on any atom is -0.324 e. The van der Waals surface area contributed by atoms with Gasteiger partial charge in [0.15, 0.2) is 5.82 Å². The molecule has 0 aliphatic rings. The van der Waals surface area contributed by atoms with E-state index in [0.717, 1.165) is 11.3 Å². The van der Waals surface area contributed by atoms with E-state index in [4.69, 9.17) is 5.14 Å². The topological polar surface area (TPSA) is 139 Å². The highest BCUT2D eigenvalue weighted by atomic mass is 35.5. The first kappa shape index (κ1) is 19.6. The van der Waals surface area contributed by atoms with Gasteiger partial charge in [0.25, 0.3) is 0 Å². The summed E-state index contributed by atoms with van der Waals surface area (Å²) in [6, 6.07) is 7.82. The average Bonchev–Trinajstić information content (AvgIpc) is 2.87. The van der Waals surface area contributed by atoms with Gasteiger partial charge in [0.05, 0.1) is 4.90 Å². The van der Waals surface area contributed by atoms with E-state index in [1.165, 1.54) is 12.1 Å². The molecule has 3 aromatic rings. The van der Waals surface area contributed by atoms with Gasteiger partial charge in [0.2, 0.25) is 16.0 Å². The Morgan fingerprint density at radius 1 is 1.15 bits per heavy atom. The van der Waals surface area contributed by atoms with E-state index in [0.29, 0.717) is 23.3 Å². The molecule has 0 unspecified atom stereocenters. The van der Waals surface area contributed by atoms with Crippen molar-refractivity contribution >= 4 is 45.7 Å². The number of rotatable bonds is 5. The smallest absolute Gasteiger partial charge is 0.238 e. The maximum Gasteiger partial charge on any atom is 0.238 e. The first-order valence-electron chi connectivity index (χ1n) is 7.34. The maximum absolute atomic E-state index is 11.4. The van der Waals surface area contributed by atoms with Crippen LogP contribution in [-0.2, 0) is 10.0 Å². The zero-order valence-corrected chi connectivity index (χ0v) is 15.6. The summed E-state index contributed by atoms with van der Waals surface area (Å²) in [4.78, 5) is 8.47. The number of benzene rings is 1. The second-order valence-electron chi connectivity index (χ2n) is 5.41. The first-order valence-corrected chi connectivity index (χ1v) is 8.89. The summed E-state index contributed by atoms with van der Waals surface area (Å²) in [7, 11) is -3.77. The number of nitrogens with two attached hydrogens (primary N) is 1. The highest BCUT2D eigenvalue weighted by molar-refractivity contribution is 7.89. The predicted molar refractivity (Wildman–Crippen MR) is 102 cm³/mol. The van der Waals surface area contributed by atoms with Crippen molar-refractivity contribution in [2.75, 3.05) is 10.6 Å². The molecule has 138 valence electrons. The number of aromatic amines is 1. The number of nitrogens with zero attached hydrogens (tertiary/aromatic N) is 3. The van der Waals surface area contributed by atoms with E-state index in [-0.39, 0.29) is 17.3 Å². The molecule has 0 bridgehead atoms. The second-order valence-corrected chi connectivity index (χ2v) is 6.97. The van der Waals surface area contributed by atoms with Crippen molar-refractivity contribution in [3.05, 3.63) is 47.8 Å². The van der Waals surface area contributed by atoms with Crippen molar-refractivity contribution in [1.29, 1.82) is 0 Å². The molecule has 0 atom stereocenters. The highest BCUT2D eigenvalue weighted by Gasteiger charge is 2.10. The summed E-state index contributed by atoms with van der Waals surface area (Å²) in [5.74, 6) is 1.54. The van der Waals surface area contributed by atoms with Gasteiger partial charge in [-0.3, -0.25) is 5.10 Å². The number of aromatic nitrogens is 4. The lowest BCUT2D eigenvalue weighted by atomic mass is 10.3. The van der Waals surface area contributed by atoms with Gasteiger partial charge in [-0.25, -0.2) is 18.5 Å². The van der Waals surface area contributed by atoms with Crippen molar-refractivity contribution in [2.45, 2.75) is 18.7 Å². The quantitative estimate of drug-likeness (QED) is 0.520. The van der Waals surface area contributed by atoms with Gasteiger partial charge in [-0.15, -0.1) is 12.4 Å². The summed E-state index contributed by atoms with van der Waals surface area (Å²) in [5.41, 5.74) is 2.47. The van der Waals surface area contributed by atoms with Crippen molar-refractivity contribution in [3.8, 4) is 0 Å². The second kappa shape index (κ2) is 7.68. The van der Waals surface area contributed by atoms with E-state index in [9.17, 15) is 8.42 Å². The molecular weight excluding hydrogens is 378 g/mol. The number of anilines is 4. The van der Waals surface area contributed by atoms with Crippen molar-refractivity contribution < 1.29 is 8.42 Å². The Morgan fingerprint density at radius 2 is 1.92 bits per heavy atom. The van der Waals surface area contributed by atoms with Crippen LogP contribution >= 0.6 is 12.4 Å². The molecule has 3 rings (SSSR count). The number of H-pyrrole nitrogens is 1. The first-order chi connectivity index (χ1) is 11.8. The van der Waals surface area contributed by atoms with Crippen molar-refractivity contribution in [3.63, 3.8) is 0 Å². The third kappa shape index (κ3) is 4.48. The number of hydrogen-bond acceptors (Lipinski definition) is 7. The SMILES string of the molecule is Cc1[nH]nc(Nc2ccnc(Nc3cccc(S(N)(=O)=O)c3)n2)c1C.Cl. The zero-order chi connectivity index (χ0) is 18.0. The van der Waals surface area contributed by atoms with Crippen LogP contribution in [0.4, 0.5) is 23.3 Å². The van der Waals surface area contributed by atoms with Gasteiger partial charge in [-0.2, -0.15) is 10.1 Å². The minimum absolute atomic E-state index is 0. The molecule has 0 radical (unpaired) electrons. The Balaban J connectivity index is 0.00000243. The number of nitrogens with one attached hydrogen (secondary N) is 3. The zero-order valence-electron chi connectivity index (χ0n) is 14.0. The average molecular weight is 396 g/mol. The van der Waals surface area contributed by atoms with E-state index in [2.05, 4.69) is 30.8 Å². The Bertz CT molecular complexity index is 1020. The maximum atomic E-state index is 11.4. The molecule has 0 fully saturated rings. The molecule has 5 N–H and O–H groups in total. The van der Waals surface area contributed by atoms with Gasteiger partial charge in [-0.05, 0) is 38.1 Å². The van der Waals surface area contributed by atoms with E-state index in [1.54, 1.807) is 24.4 Å². The molecule has 0 aliphatic carbocycles. The van der Waals surface area contributed by atoms with Gasteiger partial charge in [0.1, 0.15) is 5.82 Å². The number of hydrogen-bond donors (Lipinski definition) is 4. The van der Waals surface area contributed by atoms with Crippen LogP contribution in [-0.4, -0.2) is 28.6 Å². The Kier molecular flexibility index (Phi) is 5.80. The normalized spacial score (nSPS) is 10.9. The summed E-state index contributed by atoms with van der Waals surface area (Å²) in [6.07, 6.45) is 1.58. The van der Waals surface area contributed by atoms with Crippen molar-refractivity contribution in [2.24, 2.45) is 5.14 Å². The van der Waals surface area contributed by atoms with E-state index in [1.807, 2.05) is 13.8 Å². The largest absolute Gasteiger partial charge is 0.324 e. The molecule has 0 saturated heterocycles. The van der Waals surface area contributed by atoms with Gasteiger partial charge in [0, 0.05) is 23.1 Å². The molecule has 11 heteroatoms. The standard InChI is InChI=1S/C15H17N7O2S.ClH/c1-9-10(2)21-22-14(9)19-13-6-7-17-15(20-13)18-11-4-3-5-12(8-11)25(16,23)24;/h3-8H,1-2H3,(H2,16,23,24)(H3,17,18,19,20,21,22);1H. The molecular formula is C15H18ClN7O2S. The molecule has 2 heterocycles. The van der Waals surface area contributed by atoms with Crippen LogP contribution in [0.15, 0.2) is 41.4 Å². The summed E-state index contributed by atoms with van der Waals surface area (Å²) in [6.45, 7) is 3.87. The molecule has 0 aliphatic heterocycles. The number of primary sulfonamides is 1. The van der Waals surface area contributed by atoms with Crippen LogP contribution in [0.5, 0.6) is 0 Å². The van der Waals surface area contributed by atoms with Crippen LogP contribution in [0.25, 0.3) is 0 Å². The van der Waals surface area contributed by atoms with E-state index >= 15 is 0 Å². The summed E-state index contributed by atoms with van der Waals surface area (Å²) in [5, 5.41) is 18.3. The van der Waals surface area contributed by atoms with Crippen LogP contribution in [0.1, 0.15) is 11.3 Å². The lowest BCUT2D eigenvalue weighted by molar-refractivity contribution is 0.598. The van der Waals surface area contributed by atoms with Crippen molar-refractivity contribution in [1.82, 2.24) is 20.2 Å². The fourth-order valence-corrected chi connectivity index (χ4v) is 2.66. The minimum atomic E-state index is -3.77. The van der Waals surface area contributed by atoms with Gasteiger partial charge < -0.3 is 10.6 Å².